The van der Waals surface area contributed by atoms with E-state index < -0.39 is 0 Å². The molecule has 1 saturated heterocycles. The van der Waals surface area contributed by atoms with Crippen LogP contribution in [0.15, 0.2) is 30.7 Å². The number of halogens is 1. The predicted octanol–water partition coefficient (Wildman–Crippen LogP) is 4.54. The Morgan fingerprint density at radius 2 is 1.85 bits per heavy atom. The van der Waals surface area contributed by atoms with Crippen molar-refractivity contribution < 1.29 is 4.79 Å². The van der Waals surface area contributed by atoms with E-state index in [1.807, 2.05) is 39.1 Å². The van der Waals surface area contributed by atoms with Crippen LogP contribution in [0, 0.1) is 23.2 Å². The number of nitrogens with zero attached hydrogens (tertiary/aromatic N) is 4. The van der Waals surface area contributed by atoms with Gasteiger partial charge in [0.25, 0.3) is 0 Å². The molecule has 4 rings (SSSR count). The van der Waals surface area contributed by atoms with Crippen LogP contribution in [0.5, 0.6) is 0 Å². The molecule has 1 aliphatic heterocycles. The van der Waals surface area contributed by atoms with E-state index in [1.54, 1.807) is 12.4 Å². The van der Waals surface area contributed by atoms with Crippen molar-refractivity contribution in [3.05, 3.63) is 41.3 Å². The lowest BCUT2D eigenvalue weighted by Crippen LogP contribution is -2.35. The number of piperidine rings is 1. The third kappa shape index (κ3) is 6.56. The van der Waals surface area contributed by atoms with E-state index >= 15 is 0 Å². The van der Waals surface area contributed by atoms with Gasteiger partial charge in [-0.05, 0) is 55.1 Å². The zero-order chi connectivity index (χ0) is 23.4. The number of anilines is 2. The third-order valence-corrected chi connectivity index (χ3v) is 6.99. The van der Waals surface area contributed by atoms with Gasteiger partial charge in [-0.1, -0.05) is 38.4 Å². The van der Waals surface area contributed by atoms with Crippen LogP contribution in [-0.2, 0) is 11.3 Å². The second-order valence-corrected chi connectivity index (χ2v) is 10.8. The van der Waals surface area contributed by atoms with E-state index in [0.29, 0.717) is 11.6 Å². The fourth-order valence-corrected chi connectivity index (χ4v) is 4.74. The minimum Gasteiger partial charge on any atom is -0.370 e. The molecule has 2 aromatic rings. The Morgan fingerprint density at radius 1 is 1.12 bits per heavy atom. The average Bonchev–Trinajstić information content (AvgIpc) is 3.58. The van der Waals surface area contributed by atoms with Crippen molar-refractivity contribution in [2.24, 2.45) is 23.2 Å². The molecule has 1 saturated carbocycles. The van der Waals surface area contributed by atoms with Gasteiger partial charge in [-0.3, -0.25) is 4.79 Å². The normalized spacial score (nSPS) is 21.0. The van der Waals surface area contributed by atoms with E-state index in [4.69, 9.17) is 11.6 Å². The van der Waals surface area contributed by atoms with Crippen molar-refractivity contribution in [1.29, 1.82) is 0 Å². The SMILES string of the molecule is CC(C)(C)C(=O)NCc1ccc(NCCC2CC2C2CCN(c3ncc(Cl)cn3)CC2)nc1. The molecular weight excluding hydrogens is 436 g/mol. The summed E-state index contributed by atoms with van der Waals surface area (Å²) in [5.41, 5.74) is 0.633. The van der Waals surface area contributed by atoms with Crippen molar-refractivity contribution in [3.8, 4) is 0 Å². The predicted molar refractivity (Wildman–Crippen MR) is 132 cm³/mol. The molecule has 2 aromatic heterocycles. The maximum atomic E-state index is 12.0. The Labute approximate surface area is 201 Å². The van der Waals surface area contributed by atoms with E-state index in [0.717, 1.165) is 54.7 Å². The number of carbonyl (C=O) groups is 1. The van der Waals surface area contributed by atoms with Gasteiger partial charge in [-0.15, -0.1) is 0 Å². The molecule has 2 aliphatic rings. The van der Waals surface area contributed by atoms with Gasteiger partial charge in [0.15, 0.2) is 0 Å². The molecule has 0 spiro atoms. The van der Waals surface area contributed by atoms with Crippen LogP contribution >= 0.6 is 11.6 Å². The molecule has 0 aromatic carbocycles. The summed E-state index contributed by atoms with van der Waals surface area (Å²) in [5.74, 6) is 4.25. The van der Waals surface area contributed by atoms with E-state index in [2.05, 4.69) is 30.5 Å². The van der Waals surface area contributed by atoms with Crippen LogP contribution in [0.3, 0.4) is 0 Å². The van der Waals surface area contributed by atoms with E-state index in [-0.39, 0.29) is 11.3 Å². The number of aromatic nitrogens is 3. The first kappa shape index (κ1) is 23.7. The van der Waals surface area contributed by atoms with Crippen LogP contribution in [0.1, 0.15) is 52.0 Å². The van der Waals surface area contributed by atoms with Gasteiger partial charge in [0.2, 0.25) is 11.9 Å². The Morgan fingerprint density at radius 3 is 2.48 bits per heavy atom. The number of nitrogens with one attached hydrogen (secondary N) is 2. The summed E-state index contributed by atoms with van der Waals surface area (Å²) in [6, 6.07) is 4.02. The zero-order valence-corrected chi connectivity index (χ0v) is 20.6. The first-order valence-corrected chi connectivity index (χ1v) is 12.4. The maximum Gasteiger partial charge on any atom is 0.225 e. The quantitative estimate of drug-likeness (QED) is 0.589. The fourth-order valence-electron chi connectivity index (χ4n) is 4.64. The van der Waals surface area contributed by atoms with Gasteiger partial charge in [-0.25, -0.2) is 15.0 Å². The second kappa shape index (κ2) is 10.2. The number of pyridine rings is 1. The molecule has 8 heteroatoms. The molecule has 33 heavy (non-hydrogen) atoms. The van der Waals surface area contributed by atoms with Crippen molar-refractivity contribution in [3.63, 3.8) is 0 Å². The maximum absolute atomic E-state index is 12.0. The minimum absolute atomic E-state index is 0.0488. The molecule has 2 unspecified atom stereocenters. The molecule has 0 bridgehead atoms. The van der Waals surface area contributed by atoms with Crippen LogP contribution < -0.4 is 15.5 Å². The Kier molecular flexibility index (Phi) is 7.37. The highest BCUT2D eigenvalue weighted by atomic mass is 35.5. The van der Waals surface area contributed by atoms with Gasteiger partial charge in [-0.2, -0.15) is 0 Å². The lowest BCUT2D eigenvalue weighted by Gasteiger charge is -2.32. The van der Waals surface area contributed by atoms with Gasteiger partial charge >= 0.3 is 0 Å². The zero-order valence-electron chi connectivity index (χ0n) is 19.9. The summed E-state index contributed by atoms with van der Waals surface area (Å²) in [4.78, 5) is 27.5. The van der Waals surface area contributed by atoms with Crippen molar-refractivity contribution in [2.75, 3.05) is 29.9 Å². The molecule has 3 heterocycles. The molecule has 2 N–H and O–H groups in total. The fraction of sp³-hybridized carbons (Fsp3) is 0.600. The lowest BCUT2D eigenvalue weighted by molar-refractivity contribution is -0.128. The molecular formula is C25H35ClN6O. The summed E-state index contributed by atoms with van der Waals surface area (Å²) in [7, 11) is 0. The summed E-state index contributed by atoms with van der Waals surface area (Å²) < 4.78 is 0. The molecule has 1 aliphatic carbocycles. The van der Waals surface area contributed by atoms with Crippen LogP contribution in [-0.4, -0.2) is 40.5 Å². The largest absolute Gasteiger partial charge is 0.370 e. The van der Waals surface area contributed by atoms with Crippen LogP contribution in [0.4, 0.5) is 11.8 Å². The average molecular weight is 471 g/mol. The molecule has 178 valence electrons. The third-order valence-electron chi connectivity index (χ3n) is 6.79. The minimum atomic E-state index is -0.377. The van der Waals surface area contributed by atoms with Gasteiger partial charge < -0.3 is 15.5 Å². The molecule has 2 fully saturated rings. The Hall–Kier alpha value is -2.41. The number of hydrogen-bond acceptors (Lipinski definition) is 6. The van der Waals surface area contributed by atoms with Crippen molar-refractivity contribution in [1.82, 2.24) is 20.3 Å². The smallest absolute Gasteiger partial charge is 0.225 e. The first-order chi connectivity index (χ1) is 15.8. The highest BCUT2D eigenvalue weighted by Crippen LogP contribution is 2.49. The van der Waals surface area contributed by atoms with Crippen LogP contribution in [0.25, 0.3) is 0 Å². The Bertz CT molecular complexity index is 919. The van der Waals surface area contributed by atoms with E-state index in [1.165, 1.54) is 25.7 Å². The van der Waals surface area contributed by atoms with Gasteiger partial charge in [0.1, 0.15) is 5.82 Å². The highest BCUT2D eigenvalue weighted by Gasteiger charge is 2.43. The van der Waals surface area contributed by atoms with Crippen LogP contribution in [0.2, 0.25) is 5.02 Å². The topological polar surface area (TPSA) is 83.0 Å². The monoisotopic (exact) mass is 470 g/mol. The number of rotatable bonds is 8. The van der Waals surface area contributed by atoms with Crippen molar-refractivity contribution in [2.45, 2.75) is 53.0 Å². The van der Waals surface area contributed by atoms with Gasteiger partial charge in [0, 0.05) is 37.8 Å². The number of amides is 1. The Balaban J connectivity index is 1.13. The summed E-state index contributed by atoms with van der Waals surface area (Å²) in [5, 5.41) is 7.00. The number of carbonyl (C=O) groups excluding carboxylic acids is 1. The second-order valence-electron chi connectivity index (χ2n) is 10.4. The number of hydrogen-bond donors (Lipinski definition) is 2. The summed E-state index contributed by atoms with van der Waals surface area (Å²) in [6.45, 7) is 9.26. The standard InChI is InChI=1S/C25H35ClN6O/c1-25(2,3)23(33)29-14-17-4-5-22(28-13-17)27-9-6-19-12-21(19)18-7-10-32(11-8-18)24-30-15-20(26)16-31-24/h4-5,13,15-16,18-19,21H,6-12,14H2,1-3H3,(H,27,28)(H,29,33). The van der Waals surface area contributed by atoms with Crippen molar-refractivity contribution >= 4 is 29.3 Å². The first-order valence-electron chi connectivity index (χ1n) is 12.0. The highest BCUT2D eigenvalue weighted by molar-refractivity contribution is 6.30. The summed E-state index contributed by atoms with van der Waals surface area (Å²) >= 11 is 5.90. The molecule has 7 nitrogen and oxygen atoms in total. The summed E-state index contributed by atoms with van der Waals surface area (Å²) in [6.07, 6.45) is 10.2. The molecule has 1 amide bonds. The van der Waals surface area contributed by atoms with Gasteiger partial charge in [0.05, 0.1) is 17.4 Å². The lowest BCUT2D eigenvalue weighted by atomic mass is 9.90. The van der Waals surface area contributed by atoms with E-state index in [9.17, 15) is 4.79 Å². The molecule has 2 atom stereocenters. The molecule has 0 radical (unpaired) electrons.